The van der Waals surface area contributed by atoms with Gasteiger partial charge in [0.25, 0.3) is 17.7 Å². The van der Waals surface area contributed by atoms with Crippen LogP contribution < -0.4 is 0 Å². The number of hydrogen-bond acceptors (Lipinski definition) is 2. The minimum atomic E-state index is -3.50. The zero-order chi connectivity index (χ0) is 8.65. The van der Waals surface area contributed by atoms with Crippen LogP contribution in [0.4, 0.5) is 17.6 Å². The molecule has 2 radical (unpaired) electrons. The number of aliphatic imine (C=N–C) groups is 1. The molecule has 0 N–H and O–H groups in total. The van der Waals surface area contributed by atoms with E-state index in [9.17, 15) is 17.6 Å². The fraction of sp³-hybridized carbons (Fsp3) is 0.250. The minimum absolute atomic E-state index is 1.87. The molecular weight excluding hydrogens is 165 g/mol. The summed E-state index contributed by atoms with van der Waals surface area (Å²) in [7, 11) is 4.34. The van der Waals surface area contributed by atoms with E-state index in [0.717, 1.165) is 0 Å². The standard InChI is InChI=1S/C4BF4NO/c5-4(9)3(8)10-1(6)2(7)11-4. The van der Waals surface area contributed by atoms with E-state index in [1.807, 2.05) is 0 Å². The van der Waals surface area contributed by atoms with Crippen molar-refractivity contribution in [2.45, 2.75) is 5.75 Å². The van der Waals surface area contributed by atoms with E-state index >= 15 is 0 Å². The lowest BCUT2D eigenvalue weighted by Gasteiger charge is -2.21. The molecule has 1 unspecified atom stereocenters. The molecule has 0 fully saturated rings. The van der Waals surface area contributed by atoms with Crippen LogP contribution in [0.15, 0.2) is 17.0 Å². The molecule has 0 spiro atoms. The SMILES string of the molecule is [B]C1(F)OC(F)=C(F)N=C1F. The third kappa shape index (κ3) is 1.36. The number of hydrogen-bond donors (Lipinski definition) is 0. The van der Waals surface area contributed by atoms with Gasteiger partial charge in [0.15, 0.2) is 7.85 Å². The van der Waals surface area contributed by atoms with Crippen LogP contribution in [0.25, 0.3) is 0 Å². The average molecular weight is 165 g/mol. The molecule has 11 heavy (non-hydrogen) atoms. The van der Waals surface area contributed by atoms with Crippen LogP contribution in [-0.2, 0) is 4.74 Å². The average Bonchev–Trinajstić information content (AvgIpc) is 1.83. The van der Waals surface area contributed by atoms with Crippen LogP contribution in [-0.4, -0.2) is 19.6 Å². The Morgan fingerprint density at radius 1 is 1.36 bits per heavy atom. The predicted molar refractivity (Wildman–Crippen MR) is 28.5 cm³/mol. The van der Waals surface area contributed by atoms with Crippen molar-refractivity contribution in [3.05, 3.63) is 12.0 Å². The first-order chi connectivity index (χ1) is 4.93. The summed E-state index contributed by atoms with van der Waals surface area (Å²) in [5.41, 5.74) is 0. The summed E-state index contributed by atoms with van der Waals surface area (Å²) in [6.45, 7) is 0. The summed E-state index contributed by atoms with van der Waals surface area (Å²) in [5, 5.41) is 0. The van der Waals surface area contributed by atoms with Crippen molar-refractivity contribution in [3.63, 3.8) is 0 Å². The summed E-state index contributed by atoms with van der Waals surface area (Å²) in [6, 6.07) is -1.98. The fourth-order valence-corrected chi connectivity index (χ4v) is 0.421. The smallest absolute Gasteiger partial charge is 0.331 e. The molecule has 7 heteroatoms. The molecule has 0 amide bonds. The molecule has 0 aromatic carbocycles. The lowest BCUT2D eigenvalue weighted by atomic mass is 9.97. The van der Waals surface area contributed by atoms with E-state index in [-0.39, 0.29) is 0 Å². The molecule has 1 aliphatic rings. The highest BCUT2D eigenvalue weighted by molar-refractivity contribution is 6.26. The molecule has 58 valence electrons. The molecule has 0 bridgehead atoms. The van der Waals surface area contributed by atoms with Crippen LogP contribution in [0.1, 0.15) is 0 Å². The summed E-state index contributed by atoms with van der Waals surface area (Å²) in [4.78, 5) is 2.18. The molecule has 2 nitrogen and oxygen atoms in total. The van der Waals surface area contributed by atoms with Gasteiger partial charge in [-0.1, -0.05) is 0 Å². The number of halogens is 4. The van der Waals surface area contributed by atoms with E-state index in [2.05, 4.69) is 17.6 Å². The van der Waals surface area contributed by atoms with E-state index in [0.29, 0.717) is 0 Å². The van der Waals surface area contributed by atoms with Gasteiger partial charge in [0.1, 0.15) is 0 Å². The van der Waals surface area contributed by atoms with Gasteiger partial charge >= 0.3 is 6.01 Å². The maximum atomic E-state index is 12.3. The Morgan fingerprint density at radius 2 is 1.91 bits per heavy atom. The second-order valence-electron chi connectivity index (χ2n) is 1.71. The first-order valence-corrected chi connectivity index (χ1v) is 2.40. The topological polar surface area (TPSA) is 21.6 Å². The number of rotatable bonds is 0. The van der Waals surface area contributed by atoms with Crippen molar-refractivity contribution in [1.29, 1.82) is 0 Å². The van der Waals surface area contributed by atoms with Gasteiger partial charge in [0, 0.05) is 0 Å². The lowest BCUT2D eigenvalue weighted by Crippen LogP contribution is -2.36. The van der Waals surface area contributed by atoms with Crippen LogP contribution in [0.3, 0.4) is 0 Å². The normalized spacial score (nSPS) is 31.5. The molecule has 1 heterocycles. The highest BCUT2D eigenvalue weighted by Gasteiger charge is 2.38. The molecule has 0 aromatic rings. The molecule has 0 aromatic heterocycles. The molecule has 0 saturated carbocycles. The maximum absolute atomic E-state index is 12.3. The number of nitrogens with zero attached hydrogens (tertiary/aromatic N) is 1. The first kappa shape index (κ1) is 8.09. The van der Waals surface area contributed by atoms with E-state index in [4.69, 9.17) is 0 Å². The van der Waals surface area contributed by atoms with Gasteiger partial charge in [-0.3, -0.25) is 0 Å². The van der Waals surface area contributed by atoms with Crippen LogP contribution in [0.5, 0.6) is 0 Å². The largest absolute Gasteiger partial charge is 0.432 e. The Bertz CT molecular complexity index is 248. The monoisotopic (exact) mass is 165 g/mol. The van der Waals surface area contributed by atoms with Crippen molar-refractivity contribution in [2.75, 3.05) is 0 Å². The molecule has 0 saturated heterocycles. The van der Waals surface area contributed by atoms with Crippen molar-refractivity contribution in [3.8, 4) is 0 Å². The third-order valence-electron chi connectivity index (χ3n) is 0.878. The van der Waals surface area contributed by atoms with Gasteiger partial charge in [-0.2, -0.15) is 18.2 Å². The van der Waals surface area contributed by atoms with Crippen molar-refractivity contribution < 1.29 is 22.3 Å². The van der Waals surface area contributed by atoms with E-state index in [1.165, 1.54) is 0 Å². The minimum Gasteiger partial charge on any atom is -0.432 e. The van der Waals surface area contributed by atoms with E-state index < -0.39 is 23.7 Å². The third-order valence-corrected chi connectivity index (χ3v) is 0.878. The molecule has 1 atom stereocenters. The van der Waals surface area contributed by atoms with Gasteiger partial charge in [-0.25, -0.2) is 4.39 Å². The Labute approximate surface area is 60.0 Å². The summed E-state index contributed by atoms with van der Waals surface area (Å²) in [6.07, 6.45) is 0. The number of ether oxygens (including phenoxy) is 1. The molecule has 0 aliphatic carbocycles. The number of alkyl halides is 1. The van der Waals surface area contributed by atoms with Crippen molar-refractivity contribution in [1.82, 2.24) is 0 Å². The highest BCUT2D eigenvalue weighted by atomic mass is 19.2. The maximum Gasteiger partial charge on any atom is 0.331 e. The first-order valence-electron chi connectivity index (χ1n) is 2.40. The fourth-order valence-electron chi connectivity index (χ4n) is 0.421. The second kappa shape index (κ2) is 2.25. The Hall–Kier alpha value is -1.01. The second-order valence-corrected chi connectivity index (χ2v) is 1.71. The van der Waals surface area contributed by atoms with Gasteiger partial charge in [0.05, 0.1) is 0 Å². The van der Waals surface area contributed by atoms with Gasteiger partial charge in [-0.05, 0) is 0 Å². The summed E-state index contributed by atoms with van der Waals surface area (Å²) >= 11 is 0. The molecule has 1 aliphatic heterocycles. The van der Waals surface area contributed by atoms with Gasteiger partial charge in [0.2, 0.25) is 0 Å². The van der Waals surface area contributed by atoms with Crippen molar-refractivity contribution in [2.24, 2.45) is 4.99 Å². The van der Waals surface area contributed by atoms with Crippen LogP contribution in [0, 0.1) is 0 Å². The van der Waals surface area contributed by atoms with Crippen molar-refractivity contribution >= 4 is 13.8 Å². The zero-order valence-electron chi connectivity index (χ0n) is 4.94. The Balaban J connectivity index is 3.01. The summed E-state index contributed by atoms with van der Waals surface area (Å²) < 4.78 is 51.5. The summed E-state index contributed by atoms with van der Waals surface area (Å²) in [5.74, 6) is -7.34. The Morgan fingerprint density at radius 3 is 2.36 bits per heavy atom. The predicted octanol–water partition coefficient (Wildman–Crippen LogP) is 1.24. The molecule has 1 rings (SSSR count). The van der Waals surface area contributed by atoms with E-state index in [1.54, 1.807) is 0 Å². The lowest BCUT2D eigenvalue weighted by molar-refractivity contribution is -0.0269. The molecular formula is C4BF4NO. The zero-order valence-corrected chi connectivity index (χ0v) is 4.94. The van der Waals surface area contributed by atoms with Crippen LogP contribution >= 0.6 is 0 Å². The highest BCUT2D eigenvalue weighted by Crippen LogP contribution is 2.27. The van der Waals surface area contributed by atoms with Gasteiger partial charge < -0.3 is 4.74 Å². The van der Waals surface area contributed by atoms with Crippen LogP contribution in [0.2, 0.25) is 0 Å². The van der Waals surface area contributed by atoms with Gasteiger partial charge in [-0.15, -0.1) is 0 Å². The quantitative estimate of drug-likeness (QED) is 0.300. The Kier molecular flexibility index (Phi) is 1.65.